The fourth-order valence-corrected chi connectivity index (χ4v) is 1.44. The first kappa shape index (κ1) is 7.93. The van der Waals surface area contributed by atoms with Crippen molar-refractivity contribution in [2.24, 2.45) is 0 Å². The molecule has 0 amide bonds. The quantitative estimate of drug-likeness (QED) is 0.787. The molecule has 0 radical (unpaired) electrons. The van der Waals surface area contributed by atoms with Crippen LogP contribution in [-0.2, 0) is 0 Å². The highest BCUT2D eigenvalue weighted by Gasteiger charge is 2.13. The lowest BCUT2D eigenvalue weighted by atomic mass is 10.3. The Labute approximate surface area is 76.6 Å². The maximum absolute atomic E-state index is 10.4. The molecule has 6 heteroatoms. The molecule has 0 unspecified atom stereocenters. The number of rotatable bonds is 2. The van der Waals surface area contributed by atoms with Crippen molar-refractivity contribution < 1.29 is 14.4 Å². The van der Waals surface area contributed by atoms with E-state index in [-0.39, 0.29) is 11.7 Å². The van der Waals surface area contributed by atoms with Gasteiger partial charge in [-0.2, -0.15) is 16.3 Å². The third-order valence-electron chi connectivity index (χ3n) is 1.39. The van der Waals surface area contributed by atoms with Gasteiger partial charge in [-0.3, -0.25) is 0 Å². The Kier molecular flexibility index (Phi) is 1.82. The minimum absolute atomic E-state index is 0.235. The van der Waals surface area contributed by atoms with Crippen LogP contribution >= 0.6 is 11.3 Å². The molecular formula is C7H4N2O3S. The number of carboxylic acids is 1. The van der Waals surface area contributed by atoms with Gasteiger partial charge in [0.05, 0.1) is 5.56 Å². The Morgan fingerprint density at radius 1 is 1.62 bits per heavy atom. The molecule has 0 atom stereocenters. The summed E-state index contributed by atoms with van der Waals surface area (Å²) < 4.78 is 4.74. The second-order valence-electron chi connectivity index (χ2n) is 2.24. The van der Waals surface area contributed by atoms with Crippen LogP contribution in [0.3, 0.4) is 0 Å². The summed E-state index contributed by atoms with van der Waals surface area (Å²) in [6, 6.07) is 1.78. The number of carboxylic acid groups (broad SMARTS) is 1. The van der Waals surface area contributed by atoms with Crippen LogP contribution in [0.2, 0.25) is 0 Å². The second kappa shape index (κ2) is 2.98. The van der Waals surface area contributed by atoms with E-state index in [9.17, 15) is 4.79 Å². The zero-order valence-electron chi connectivity index (χ0n) is 6.30. The van der Waals surface area contributed by atoms with Crippen molar-refractivity contribution in [3.05, 3.63) is 22.7 Å². The van der Waals surface area contributed by atoms with Gasteiger partial charge in [0.1, 0.15) is 0 Å². The Bertz CT molecular complexity index is 421. The molecule has 2 heterocycles. The first-order chi connectivity index (χ1) is 6.27. The van der Waals surface area contributed by atoms with Gasteiger partial charge < -0.3 is 9.63 Å². The van der Waals surface area contributed by atoms with Crippen LogP contribution in [0, 0.1) is 0 Å². The van der Waals surface area contributed by atoms with E-state index in [2.05, 4.69) is 10.1 Å². The number of aromatic carboxylic acids is 1. The van der Waals surface area contributed by atoms with Gasteiger partial charge in [-0.1, -0.05) is 0 Å². The molecule has 0 aliphatic rings. The molecule has 2 rings (SSSR count). The average Bonchev–Trinajstić information content (AvgIpc) is 2.75. The largest absolute Gasteiger partial charge is 0.475 e. The topological polar surface area (TPSA) is 76.2 Å². The summed E-state index contributed by atoms with van der Waals surface area (Å²) in [7, 11) is 0. The summed E-state index contributed by atoms with van der Waals surface area (Å²) >= 11 is 1.48. The van der Waals surface area contributed by atoms with Crippen molar-refractivity contribution in [2.75, 3.05) is 0 Å². The molecule has 0 spiro atoms. The van der Waals surface area contributed by atoms with Crippen molar-refractivity contribution in [1.29, 1.82) is 0 Å². The lowest BCUT2D eigenvalue weighted by molar-refractivity contribution is 0.0680. The SMILES string of the molecule is O=C(O)c1noc(-c2ccsc2)n1. The first-order valence-electron chi connectivity index (χ1n) is 3.37. The van der Waals surface area contributed by atoms with Gasteiger partial charge in [-0.15, -0.1) is 0 Å². The van der Waals surface area contributed by atoms with Crippen LogP contribution in [0.5, 0.6) is 0 Å². The summed E-state index contributed by atoms with van der Waals surface area (Å²) in [6.07, 6.45) is 0. The van der Waals surface area contributed by atoms with Crippen molar-refractivity contribution >= 4 is 17.3 Å². The third-order valence-corrected chi connectivity index (χ3v) is 2.07. The van der Waals surface area contributed by atoms with Gasteiger partial charge >= 0.3 is 5.97 Å². The Balaban J connectivity index is 2.39. The van der Waals surface area contributed by atoms with E-state index in [0.29, 0.717) is 0 Å². The molecule has 2 aromatic heterocycles. The average molecular weight is 196 g/mol. The molecule has 0 aliphatic carbocycles. The first-order valence-corrected chi connectivity index (χ1v) is 4.31. The maximum Gasteiger partial charge on any atom is 0.377 e. The Hall–Kier alpha value is -1.69. The van der Waals surface area contributed by atoms with Crippen LogP contribution < -0.4 is 0 Å². The predicted molar refractivity (Wildman–Crippen MR) is 44.6 cm³/mol. The Morgan fingerprint density at radius 3 is 3.00 bits per heavy atom. The third kappa shape index (κ3) is 1.43. The summed E-state index contributed by atoms with van der Waals surface area (Å²) in [4.78, 5) is 14.1. The van der Waals surface area contributed by atoms with E-state index in [1.807, 2.05) is 5.38 Å². The van der Waals surface area contributed by atoms with E-state index >= 15 is 0 Å². The van der Waals surface area contributed by atoms with Crippen LogP contribution in [-0.4, -0.2) is 21.2 Å². The van der Waals surface area contributed by atoms with Crippen LogP contribution in [0.4, 0.5) is 0 Å². The zero-order valence-corrected chi connectivity index (χ0v) is 7.11. The van der Waals surface area contributed by atoms with Crippen molar-refractivity contribution in [1.82, 2.24) is 10.1 Å². The molecule has 0 bridgehead atoms. The van der Waals surface area contributed by atoms with E-state index in [0.717, 1.165) is 5.56 Å². The lowest BCUT2D eigenvalue weighted by Gasteiger charge is -1.81. The molecule has 2 aromatic rings. The monoisotopic (exact) mass is 196 g/mol. The second-order valence-corrected chi connectivity index (χ2v) is 3.02. The van der Waals surface area contributed by atoms with Crippen molar-refractivity contribution in [3.63, 3.8) is 0 Å². The highest BCUT2D eigenvalue weighted by Crippen LogP contribution is 2.19. The minimum atomic E-state index is -1.19. The highest BCUT2D eigenvalue weighted by molar-refractivity contribution is 7.08. The van der Waals surface area contributed by atoms with Crippen LogP contribution in [0.15, 0.2) is 21.3 Å². The van der Waals surface area contributed by atoms with Gasteiger partial charge in [0.2, 0.25) is 0 Å². The Morgan fingerprint density at radius 2 is 2.46 bits per heavy atom. The smallest absolute Gasteiger partial charge is 0.377 e. The van der Waals surface area contributed by atoms with E-state index in [4.69, 9.17) is 9.63 Å². The molecule has 66 valence electrons. The molecular weight excluding hydrogens is 192 g/mol. The van der Waals surface area contributed by atoms with Crippen molar-refractivity contribution in [3.8, 4) is 11.5 Å². The number of hydrogen-bond acceptors (Lipinski definition) is 5. The maximum atomic E-state index is 10.4. The summed E-state index contributed by atoms with van der Waals surface area (Å²) in [5.74, 6) is -1.27. The fourth-order valence-electron chi connectivity index (χ4n) is 0.814. The zero-order chi connectivity index (χ0) is 9.26. The normalized spacial score (nSPS) is 10.2. The van der Waals surface area contributed by atoms with Crippen molar-refractivity contribution in [2.45, 2.75) is 0 Å². The summed E-state index contributed by atoms with van der Waals surface area (Å²) in [5, 5.41) is 15.5. The number of thiophene rings is 1. The number of aromatic nitrogens is 2. The molecule has 13 heavy (non-hydrogen) atoms. The van der Waals surface area contributed by atoms with Gasteiger partial charge in [-0.25, -0.2) is 4.79 Å². The number of carbonyl (C=O) groups is 1. The van der Waals surface area contributed by atoms with E-state index in [1.54, 1.807) is 11.4 Å². The highest BCUT2D eigenvalue weighted by atomic mass is 32.1. The predicted octanol–water partition coefficient (Wildman–Crippen LogP) is 1.50. The van der Waals surface area contributed by atoms with Crippen LogP contribution in [0.25, 0.3) is 11.5 Å². The van der Waals surface area contributed by atoms with Gasteiger partial charge in [0.15, 0.2) is 0 Å². The minimum Gasteiger partial charge on any atom is -0.475 e. The summed E-state index contributed by atoms with van der Waals surface area (Å²) in [5.41, 5.74) is 0.741. The van der Waals surface area contributed by atoms with Crippen LogP contribution in [0.1, 0.15) is 10.6 Å². The number of nitrogens with zero attached hydrogens (tertiary/aromatic N) is 2. The molecule has 0 aromatic carbocycles. The summed E-state index contributed by atoms with van der Waals surface area (Å²) in [6.45, 7) is 0. The lowest BCUT2D eigenvalue weighted by Crippen LogP contribution is -1.98. The number of hydrogen-bond donors (Lipinski definition) is 1. The van der Waals surface area contributed by atoms with Gasteiger partial charge in [-0.05, 0) is 16.6 Å². The molecule has 1 N–H and O–H groups in total. The molecule has 0 aliphatic heterocycles. The van der Waals surface area contributed by atoms with Gasteiger partial charge in [0, 0.05) is 5.38 Å². The van der Waals surface area contributed by atoms with E-state index in [1.165, 1.54) is 11.3 Å². The fraction of sp³-hybridized carbons (Fsp3) is 0. The molecule has 5 nitrogen and oxygen atoms in total. The molecule has 0 saturated carbocycles. The van der Waals surface area contributed by atoms with Gasteiger partial charge in [0.25, 0.3) is 11.7 Å². The van der Waals surface area contributed by atoms with E-state index < -0.39 is 5.97 Å². The molecule has 0 fully saturated rings. The molecule has 0 saturated heterocycles. The standard InChI is InChI=1S/C7H4N2O3S/c10-7(11)5-8-6(12-9-5)4-1-2-13-3-4/h1-3H,(H,10,11).